The Hall–Kier alpha value is -2.69. The number of aryl methyl sites for hydroxylation is 2. The van der Waals surface area contributed by atoms with Crippen molar-refractivity contribution < 1.29 is 13.0 Å². The minimum atomic E-state index is -4.20. The van der Waals surface area contributed by atoms with Gasteiger partial charge in [0.05, 0.1) is 4.90 Å². The van der Waals surface area contributed by atoms with Gasteiger partial charge in [-0.2, -0.15) is 8.42 Å². The van der Waals surface area contributed by atoms with Gasteiger partial charge in [0.15, 0.2) is 0 Å². The van der Waals surface area contributed by atoms with Gasteiger partial charge in [-0.15, -0.1) is 0 Å². The molecular formula is C23H22O3S. The van der Waals surface area contributed by atoms with Crippen molar-refractivity contribution in [3.8, 4) is 0 Å². The molecule has 0 aliphatic rings. The molecule has 4 heteroatoms. The Bertz CT molecular complexity index is 1030. The van der Waals surface area contributed by atoms with Crippen molar-refractivity contribution >= 4 is 21.3 Å². The summed E-state index contributed by atoms with van der Waals surface area (Å²) in [6, 6.07) is 23.0. The summed E-state index contributed by atoms with van der Waals surface area (Å²) >= 11 is 0. The van der Waals surface area contributed by atoms with Gasteiger partial charge in [0, 0.05) is 0 Å². The van der Waals surface area contributed by atoms with Crippen molar-refractivity contribution in [3.63, 3.8) is 0 Å². The second-order valence-corrected chi connectivity index (χ2v) is 8.15. The quantitative estimate of drug-likeness (QED) is 0.480. The Morgan fingerprint density at radius 2 is 1.04 bits per heavy atom. The first-order valence-corrected chi connectivity index (χ1v) is 10.1. The van der Waals surface area contributed by atoms with Crippen LogP contribution in [0, 0.1) is 13.8 Å². The van der Waals surface area contributed by atoms with Crippen LogP contribution in [0.2, 0.25) is 0 Å². The van der Waals surface area contributed by atoms with Gasteiger partial charge in [0.1, 0.15) is 0 Å². The summed E-state index contributed by atoms with van der Waals surface area (Å²) in [4.78, 5) is -0.105. The second kappa shape index (κ2) is 7.51. The maximum Gasteiger partial charge on any atom is 0.294 e. The number of benzene rings is 3. The first-order chi connectivity index (χ1) is 12.8. The van der Waals surface area contributed by atoms with Crippen molar-refractivity contribution in [1.29, 1.82) is 0 Å². The van der Waals surface area contributed by atoms with Gasteiger partial charge < -0.3 is 0 Å². The lowest BCUT2D eigenvalue weighted by molar-refractivity contribution is 0.483. The van der Waals surface area contributed by atoms with Gasteiger partial charge in [-0.3, -0.25) is 4.55 Å². The highest BCUT2D eigenvalue weighted by molar-refractivity contribution is 7.85. The Labute approximate surface area is 160 Å². The highest BCUT2D eigenvalue weighted by atomic mass is 32.2. The van der Waals surface area contributed by atoms with Gasteiger partial charge in [0.25, 0.3) is 10.1 Å². The summed E-state index contributed by atoms with van der Waals surface area (Å²) < 4.78 is 31.8. The van der Waals surface area contributed by atoms with E-state index in [1.807, 2.05) is 6.92 Å². The molecule has 138 valence electrons. The summed E-state index contributed by atoms with van der Waals surface area (Å²) in [5, 5.41) is 0. The molecule has 27 heavy (non-hydrogen) atoms. The minimum Gasteiger partial charge on any atom is -0.282 e. The Morgan fingerprint density at radius 3 is 1.41 bits per heavy atom. The van der Waals surface area contributed by atoms with Crippen LogP contribution in [-0.2, 0) is 10.1 Å². The largest absolute Gasteiger partial charge is 0.294 e. The van der Waals surface area contributed by atoms with E-state index in [-0.39, 0.29) is 4.90 Å². The van der Waals surface area contributed by atoms with Crippen LogP contribution < -0.4 is 0 Å². The molecule has 0 bridgehead atoms. The Balaban J connectivity index is 2.18. The molecule has 0 atom stereocenters. The molecule has 0 radical (unpaired) electrons. The van der Waals surface area contributed by atoms with Crippen molar-refractivity contribution in [1.82, 2.24) is 0 Å². The highest BCUT2D eigenvalue weighted by Gasteiger charge is 2.13. The number of hydrogen-bond acceptors (Lipinski definition) is 2. The van der Waals surface area contributed by atoms with Crippen LogP contribution in [0.15, 0.2) is 77.7 Å². The molecule has 0 unspecified atom stereocenters. The van der Waals surface area contributed by atoms with Gasteiger partial charge in [-0.1, -0.05) is 71.8 Å². The standard InChI is InChI=1S/C23H22O3S/c1-16-4-8-20(9-5-16)23(21-10-6-17(2)7-11-21)18(3)19-12-14-22(15-13-19)27(24,25)26/h4-15H,1-3H3,(H,24,25,26). The average molecular weight is 378 g/mol. The lowest BCUT2D eigenvalue weighted by atomic mass is 9.89. The normalized spacial score (nSPS) is 11.3. The van der Waals surface area contributed by atoms with Crippen molar-refractivity contribution in [3.05, 3.63) is 101 Å². The summed E-state index contributed by atoms with van der Waals surface area (Å²) in [7, 11) is -4.20. The number of allylic oxidation sites excluding steroid dienone is 1. The fourth-order valence-corrected chi connectivity index (χ4v) is 3.54. The summed E-state index contributed by atoms with van der Waals surface area (Å²) in [6.45, 7) is 6.14. The zero-order valence-electron chi connectivity index (χ0n) is 15.6. The SMILES string of the molecule is CC(=C(c1ccc(C)cc1)c1ccc(C)cc1)c1ccc(S(=O)(=O)O)cc1. The number of hydrogen-bond donors (Lipinski definition) is 1. The second-order valence-electron chi connectivity index (χ2n) is 6.73. The van der Waals surface area contributed by atoms with Crippen LogP contribution in [-0.4, -0.2) is 13.0 Å². The van der Waals surface area contributed by atoms with Crippen LogP contribution in [0.3, 0.4) is 0 Å². The third kappa shape index (κ3) is 4.35. The molecule has 0 aliphatic heterocycles. The van der Waals surface area contributed by atoms with Gasteiger partial charge >= 0.3 is 0 Å². The molecule has 1 N–H and O–H groups in total. The molecule has 3 aromatic rings. The van der Waals surface area contributed by atoms with Crippen molar-refractivity contribution in [2.45, 2.75) is 25.7 Å². The first kappa shape index (κ1) is 19.1. The zero-order chi connectivity index (χ0) is 19.6. The summed E-state index contributed by atoms with van der Waals surface area (Å²) in [6.07, 6.45) is 0. The third-order valence-corrected chi connectivity index (χ3v) is 5.51. The van der Waals surface area contributed by atoms with Gasteiger partial charge in [-0.05, 0) is 60.7 Å². The molecule has 0 spiro atoms. The molecule has 0 fully saturated rings. The van der Waals surface area contributed by atoms with E-state index >= 15 is 0 Å². The van der Waals surface area contributed by atoms with E-state index < -0.39 is 10.1 Å². The van der Waals surface area contributed by atoms with Crippen LogP contribution in [0.1, 0.15) is 34.7 Å². The van der Waals surface area contributed by atoms with Crippen LogP contribution in [0.25, 0.3) is 11.1 Å². The molecule has 0 saturated heterocycles. The smallest absolute Gasteiger partial charge is 0.282 e. The van der Waals surface area contributed by atoms with Gasteiger partial charge in [-0.25, -0.2) is 0 Å². The highest BCUT2D eigenvalue weighted by Crippen LogP contribution is 2.32. The van der Waals surface area contributed by atoms with E-state index in [2.05, 4.69) is 62.4 Å². The lowest BCUT2D eigenvalue weighted by Crippen LogP contribution is -1.98. The van der Waals surface area contributed by atoms with E-state index in [0.29, 0.717) is 0 Å². The fourth-order valence-electron chi connectivity index (χ4n) is 3.06. The number of rotatable bonds is 4. The maximum absolute atomic E-state index is 11.3. The van der Waals surface area contributed by atoms with E-state index in [0.717, 1.165) is 27.8 Å². The predicted molar refractivity (Wildman–Crippen MR) is 110 cm³/mol. The molecule has 0 aromatic heterocycles. The zero-order valence-corrected chi connectivity index (χ0v) is 16.4. The molecule has 3 aromatic carbocycles. The lowest BCUT2D eigenvalue weighted by Gasteiger charge is -2.15. The van der Waals surface area contributed by atoms with E-state index in [1.165, 1.54) is 23.3 Å². The molecule has 3 rings (SSSR count). The average Bonchev–Trinajstić information content (AvgIpc) is 2.64. The molecule has 0 amide bonds. The van der Waals surface area contributed by atoms with E-state index in [4.69, 9.17) is 0 Å². The van der Waals surface area contributed by atoms with Gasteiger partial charge in [0.2, 0.25) is 0 Å². The summed E-state index contributed by atoms with van der Waals surface area (Å²) in [5.74, 6) is 0. The molecule has 0 aliphatic carbocycles. The van der Waals surface area contributed by atoms with E-state index in [1.54, 1.807) is 12.1 Å². The minimum absolute atomic E-state index is 0.105. The molecule has 0 heterocycles. The monoisotopic (exact) mass is 378 g/mol. The molecule has 0 saturated carbocycles. The van der Waals surface area contributed by atoms with E-state index in [9.17, 15) is 13.0 Å². The van der Waals surface area contributed by atoms with Crippen LogP contribution >= 0.6 is 0 Å². The Kier molecular flexibility index (Phi) is 5.31. The molecule has 3 nitrogen and oxygen atoms in total. The van der Waals surface area contributed by atoms with Crippen LogP contribution in [0.5, 0.6) is 0 Å². The Morgan fingerprint density at radius 1 is 0.667 bits per heavy atom. The van der Waals surface area contributed by atoms with Crippen molar-refractivity contribution in [2.24, 2.45) is 0 Å². The molecular weight excluding hydrogens is 356 g/mol. The first-order valence-electron chi connectivity index (χ1n) is 8.68. The predicted octanol–water partition coefficient (Wildman–Crippen LogP) is 5.53. The third-order valence-electron chi connectivity index (χ3n) is 4.64. The fraction of sp³-hybridized carbons (Fsp3) is 0.130. The van der Waals surface area contributed by atoms with Crippen LogP contribution in [0.4, 0.5) is 0 Å². The van der Waals surface area contributed by atoms with Crippen molar-refractivity contribution in [2.75, 3.05) is 0 Å². The summed E-state index contributed by atoms with van der Waals surface area (Å²) in [5.41, 5.74) is 7.61. The topological polar surface area (TPSA) is 54.4 Å². The maximum atomic E-state index is 11.3.